The molecule has 19 N–H and O–H groups in total. The number of aliphatic hydroxyl groups excluding tert-OH is 5. The summed E-state index contributed by atoms with van der Waals surface area (Å²) in [6, 6.07) is 0.732. The molecule has 0 radical (unpaired) electrons. The Hall–Kier alpha value is -9.57. The van der Waals surface area contributed by atoms with Crippen LogP contribution in [0.1, 0.15) is 162 Å². The maximum Gasteiger partial charge on any atom is 0.248 e. The molecule has 0 unspecified atom stereocenters. The molecule has 15 rings (SSSR count). The first-order chi connectivity index (χ1) is 52.4. The van der Waals surface area contributed by atoms with Gasteiger partial charge in [0.1, 0.15) is 102 Å². The van der Waals surface area contributed by atoms with Crippen LogP contribution in [0.15, 0.2) is 78.9 Å². The number of unbranched alkanes of at least 4 members (excludes halogenated alkanes) is 4. The number of carbonyl (C=O) groups excluding carboxylic acids is 9. The number of ether oxygens (including phenoxy) is 4. The Morgan fingerprint density at radius 3 is 1.85 bits per heavy atom. The minimum absolute atomic E-state index is 0.0819. The molecule has 33 heteroatoms. The lowest BCUT2D eigenvalue weighted by Gasteiger charge is -2.54. The Balaban J connectivity index is 1.04. The summed E-state index contributed by atoms with van der Waals surface area (Å²) in [5, 5.41) is 118. The largest absolute Gasteiger partial charge is 0.508 e. The van der Waals surface area contributed by atoms with Crippen LogP contribution in [-0.2, 0) is 47.9 Å². The van der Waals surface area contributed by atoms with Gasteiger partial charge in [-0.25, -0.2) is 0 Å². The maximum absolute atomic E-state index is 16.2. The molecule has 110 heavy (non-hydrogen) atoms. The predicted octanol–water partition coefficient (Wildman–Crippen LogP) is 4.21. The van der Waals surface area contributed by atoms with Gasteiger partial charge in [0.05, 0.1) is 22.5 Å². The lowest BCUT2D eigenvalue weighted by molar-refractivity contribution is -0.271. The third-order valence-electron chi connectivity index (χ3n) is 21.8. The van der Waals surface area contributed by atoms with Gasteiger partial charge in [0.25, 0.3) is 0 Å². The first-order valence-electron chi connectivity index (χ1n) is 37.0. The number of phenols is 3. The molecule has 5 aromatic carbocycles. The zero-order chi connectivity index (χ0) is 78.8. The minimum atomic E-state index is -2.30. The van der Waals surface area contributed by atoms with E-state index >= 15 is 24.0 Å². The Labute approximate surface area is 642 Å². The number of benzene rings is 5. The van der Waals surface area contributed by atoms with E-state index in [1.54, 1.807) is 0 Å². The monoisotopic (exact) mass is 1560 g/mol. The molecule has 6 aliphatic heterocycles. The lowest BCUT2D eigenvalue weighted by atomic mass is 9.54. The summed E-state index contributed by atoms with van der Waals surface area (Å²) >= 11 is 14.3. The molecule has 15 bridgehead atoms. The summed E-state index contributed by atoms with van der Waals surface area (Å²) in [6.45, 7) is 5.29. The van der Waals surface area contributed by atoms with Crippen LogP contribution in [0.5, 0.6) is 46.0 Å². The Morgan fingerprint density at radius 2 is 1.24 bits per heavy atom. The first-order valence-corrected chi connectivity index (χ1v) is 37.8. The van der Waals surface area contributed by atoms with E-state index in [2.05, 4.69) is 47.9 Å². The van der Waals surface area contributed by atoms with E-state index in [0.717, 1.165) is 112 Å². The highest BCUT2D eigenvalue weighted by Crippen LogP contribution is 2.55. The van der Waals surface area contributed by atoms with Crippen LogP contribution < -0.4 is 67.8 Å². The lowest BCUT2D eigenvalue weighted by Crippen LogP contribution is -2.61. The second-order valence-corrected chi connectivity index (χ2v) is 30.9. The number of aliphatic hydroxyl groups is 5. The van der Waals surface area contributed by atoms with Gasteiger partial charge in [-0.1, -0.05) is 87.9 Å². The molecular formula is C77H92Cl2N10O21. The van der Waals surface area contributed by atoms with Crippen molar-refractivity contribution in [2.75, 3.05) is 13.6 Å². The highest BCUT2D eigenvalue weighted by atomic mass is 35.5. The van der Waals surface area contributed by atoms with Gasteiger partial charge in [-0.05, 0) is 164 Å². The third kappa shape index (κ3) is 17.4. The van der Waals surface area contributed by atoms with Crippen molar-refractivity contribution in [2.24, 2.45) is 35.3 Å². The number of aromatic hydroxyl groups is 3. The van der Waals surface area contributed by atoms with Crippen LogP contribution in [0, 0.1) is 29.6 Å². The fraction of sp³-hybridized carbons (Fsp3) is 0.494. The smallest absolute Gasteiger partial charge is 0.248 e. The zero-order valence-corrected chi connectivity index (χ0v) is 62.2. The van der Waals surface area contributed by atoms with Crippen molar-refractivity contribution in [1.82, 2.24) is 47.9 Å². The fourth-order valence-electron chi connectivity index (χ4n) is 16.4. The van der Waals surface area contributed by atoms with E-state index < -0.39 is 191 Å². The number of primary amides is 1. The van der Waals surface area contributed by atoms with Crippen LogP contribution in [0.4, 0.5) is 0 Å². The summed E-state index contributed by atoms with van der Waals surface area (Å²) in [5.41, 5.74) is 3.80. The molecular weight excluding hydrogens is 1470 g/mol. The zero-order valence-electron chi connectivity index (χ0n) is 60.7. The minimum Gasteiger partial charge on any atom is -0.508 e. The maximum atomic E-state index is 16.2. The molecule has 1 saturated heterocycles. The van der Waals surface area contributed by atoms with Crippen LogP contribution in [0.3, 0.4) is 0 Å². The number of halogens is 2. The standard InChI is InChI=1S/C77H92Cl2N10O21/c1-5-6-7-8-9-10-56(94)82-31-54-66(97)67(98)68(99)77(109-54)110-69-52-26-40-27-53(69)108-51-16-13-37(25-45(51)79)65(96)63-76(106)87-61(74(104)84-58-38-19-33-18-34(21-38)22-39(58)20-33)43-28-41(90)29-49(92)57(43)42-23-35(11-14-48(42)91)59(72(102)89-63)86-73(103)60(40)85-71(101)47(30-55(80)93)83-75(105)62(88-70(100)46(81-4)17-32(2)3)64(95)36-12-15-50(107-52)44(78)24-36/h11-16,23-29,32-34,38-39,46-47,54,58-68,77,81,90-92,95-99H,5-10,17-22,30-31H2,1-4H3,(H2,80,93)(H,82,94)(H,83,105)(H,84,104)(H,85,101)(H,86,103)(H,87,106)(H,88,100)(H,89,102)/t33?,34?,38?,39?,46-,47+,54+,58?,59-,60-,61+,62-,63+,64-,65-,66+,67-,68+,77-/m1/s1. The number of nitrogens with two attached hydrogens (primary N) is 1. The number of rotatable bonds is 19. The van der Waals surface area contributed by atoms with Crippen LogP contribution in [-0.4, -0.2) is 169 Å². The fourth-order valence-corrected chi connectivity index (χ4v) is 16.8. The molecule has 5 fully saturated rings. The topological polar surface area (TPSA) is 487 Å². The molecule has 590 valence electrons. The van der Waals surface area contributed by atoms with Gasteiger partial charge >= 0.3 is 0 Å². The Bertz CT molecular complexity index is 4350. The highest BCUT2D eigenvalue weighted by molar-refractivity contribution is 6.32. The van der Waals surface area contributed by atoms with Crippen molar-refractivity contribution in [2.45, 2.75) is 195 Å². The van der Waals surface area contributed by atoms with Gasteiger partial charge < -0.3 is 113 Å². The average molecular weight is 1560 g/mol. The van der Waals surface area contributed by atoms with Crippen molar-refractivity contribution >= 4 is 76.4 Å². The van der Waals surface area contributed by atoms with E-state index in [9.17, 15) is 60.0 Å². The molecule has 10 aliphatic rings. The SMILES string of the molecule is CCCCCCCC(=O)NC[C@@H]1O[C@H](Oc2c3cc4cc2Oc2ccc(cc2Cl)[C@@H](O)[C@@H](NC(=O)[C@@H](CC(C)C)NC)C(=O)N[C@@H](CC(N)=O)C(=O)N[C@H]4C(=O)N[C@H]2C(=O)N[C@H](C(=O)N[C@H](C(=O)NC4C5CC6CC(C5)CC4C6)c4cc(O)cc(O)c4-c4cc2ccc4O)[C@H](O)c2ccc(c(Cl)c2)O3)[C@@H](O)[C@H](O)[C@H]1O. The number of hydrogen-bond donors (Lipinski definition) is 18. The number of nitrogens with one attached hydrogen (secondary N) is 9. The number of carbonyl (C=O) groups is 9. The molecule has 0 aromatic heterocycles. The Morgan fingerprint density at radius 1 is 0.627 bits per heavy atom. The molecule has 9 amide bonds. The molecule has 4 saturated carbocycles. The number of hydrogen-bond acceptors (Lipinski definition) is 22. The number of likely N-dealkylation sites (N-methyl/N-ethyl adjacent to an activating group) is 1. The highest BCUT2D eigenvalue weighted by Gasteiger charge is 2.51. The van der Waals surface area contributed by atoms with Crippen LogP contribution in [0.2, 0.25) is 10.0 Å². The number of fused-ring (bicyclic) bond motifs is 15. The summed E-state index contributed by atoms with van der Waals surface area (Å²) in [4.78, 5) is 134. The second-order valence-electron chi connectivity index (χ2n) is 30.1. The quantitative estimate of drug-likeness (QED) is 0.0515. The van der Waals surface area contributed by atoms with Crippen LogP contribution in [0.25, 0.3) is 11.1 Å². The van der Waals surface area contributed by atoms with Gasteiger partial charge in [0.15, 0.2) is 11.5 Å². The third-order valence-corrected chi connectivity index (χ3v) is 22.4. The molecule has 0 spiro atoms. The van der Waals surface area contributed by atoms with Crippen LogP contribution >= 0.6 is 23.2 Å². The van der Waals surface area contributed by atoms with E-state index in [4.69, 9.17) is 47.9 Å². The molecule has 4 aliphatic carbocycles. The second kappa shape index (κ2) is 34.0. The van der Waals surface area contributed by atoms with Crippen molar-refractivity contribution in [1.29, 1.82) is 0 Å². The van der Waals surface area contributed by atoms with Gasteiger partial charge in [-0.3, -0.25) is 43.2 Å². The normalized spacial score (nSPS) is 28.7. The van der Waals surface area contributed by atoms with Gasteiger partial charge in [0.2, 0.25) is 65.2 Å². The van der Waals surface area contributed by atoms with E-state index in [1.165, 1.54) is 31.3 Å². The number of phenolic OH excluding ortho intramolecular Hbond substituents is 3. The van der Waals surface area contributed by atoms with Crippen molar-refractivity contribution in [3.8, 4) is 57.1 Å². The Kier molecular flexibility index (Phi) is 24.7. The number of amides is 9. The molecule has 14 atom stereocenters. The molecule has 6 heterocycles. The molecule has 5 aromatic rings. The average Bonchev–Trinajstić information content (AvgIpc) is 0.762. The molecule has 31 nitrogen and oxygen atoms in total. The van der Waals surface area contributed by atoms with E-state index in [1.807, 2.05) is 20.8 Å². The first kappa shape index (κ1) is 80.0. The van der Waals surface area contributed by atoms with E-state index in [-0.39, 0.29) is 91.6 Å². The van der Waals surface area contributed by atoms with E-state index in [0.29, 0.717) is 18.3 Å². The summed E-state index contributed by atoms with van der Waals surface area (Å²) in [6.07, 6.45) is -5.86. The van der Waals surface area contributed by atoms with Crippen molar-refractivity contribution < 1.29 is 103 Å². The summed E-state index contributed by atoms with van der Waals surface area (Å²) < 4.78 is 26.0. The van der Waals surface area contributed by atoms with Gasteiger partial charge in [-0.2, -0.15) is 0 Å². The summed E-state index contributed by atoms with van der Waals surface area (Å²) in [7, 11) is 1.49. The van der Waals surface area contributed by atoms with Gasteiger partial charge in [-0.15, -0.1) is 0 Å². The summed E-state index contributed by atoms with van der Waals surface area (Å²) in [5.74, 6) is -13.2. The predicted molar refractivity (Wildman–Crippen MR) is 394 cm³/mol. The van der Waals surface area contributed by atoms with Crippen molar-refractivity contribution in [3.05, 3.63) is 117 Å². The van der Waals surface area contributed by atoms with Crippen molar-refractivity contribution in [3.63, 3.8) is 0 Å². The van der Waals surface area contributed by atoms with Gasteiger partial charge in [0, 0.05) is 36.2 Å².